The first-order chi connectivity index (χ1) is 7.42. The molecule has 0 aliphatic carbocycles. The SMILES string of the molecule is N#CN(c1ccccc1)c1ccccc1. The molecule has 2 rings (SSSR count). The largest absolute Gasteiger partial charge is 0.248 e. The Hall–Kier alpha value is -2.27. The maximum absolute atomic E-state index is 9.11. The second-order valence-electron chi connectivity index (χ2n) is 3.11. The third-order valence-electron chi connectivity index (χ3n) is 2.13. The Balaban J connectivity index is 2.39. The molecule has 2 aromatic rings. The highest BCUT2D eigenvalue weighted by Gasteiger charge is 2.05. The van der Waals surface area contributed by atoms with Crippen molar-refractivity contribution >= 4 is 11.4 Å². The summed E-state index contributed by atoms with van der Waals surface area (Å²) >= 11 is 0. The molecule has 0 unspecified atom stereocenters. The number of anilines is 2. The number of hydrogen-bond acceptors (Lipinski definition) is 2. The Labute approximate surface area is 89.0 Å². The lowest BCUT2D eigenvalue weighted by atomic mass is 10.2. The van der Waals surface area contributed by atoms with Crippen LogP contribution < -0.4 is 4.90 Å². The summed E-state index contributed by atoms with van der Waals surface area (Å²) in [7, 11) is 0. The van der Waals surface area contributed by atoms with Crippen LogP contribution in [-0.2, 0) is 0 Å². The van der Waals surface area contributed by atoms with Crippen LogP contribution in [0, 0.1) is 11.5 Å². The van der Waals surface area contributed by atoms with Gasteiger partial charge in [-0.3, -0.25) is 0 Å². The predicted octanol–water partition coefficient (Wildman–Crippen LogP) is 3.31. The van der Waals surface area contributed by atoms with Gasteiger partial charge in [-0.05, 0) is 24.3 Å². The number of nitriles is 1. The number of para-hydroxylation sites is 2. The van der Waals surface area contributed by atoms with E-state index in [2.05, 4.69) is 6.19 Å². The molecule has 2 heteroatoms. The van der Waals surface area contributed by atoms with E-state index in [9.17, 15) is 0 Å². The van der Waals surface area contributed by atoms with Crippen LogP contribution >= 0.6 is 0 Å². The van der Waals surface area contributed by atoms with Crippen molar-refractivity contribution in [3.8, 4) is 6.19 Å². The fourth-order valence-corrected chi connectivity index (χ4v) is 1.42. The summed E-state index contributed by atoms with van der Waals surface area (Å²) in [6, 6.07) is 19.2. The molecule has 72 valence electrons. The van der Waals surface area contributed by atoms with E-state index in [1.807, 2.05) is 60.7 Å². The predicted molar refractivity (Wildman–Crippen MR) is 60.6 cm³/mol. The molecule has 0 atom stereocenters. The molecule has 0 aliphatic rings. The van der Waals surface area contributed by atoms with Gasteiger partial charge in [0.15, 0.2) is 6.19 Å². The third kappa shape index (κ3) is 1.97. The first-order valence-electron chi connectivity index (χ1n) is 4.72. The number of nitrogens with zero attached hydrogens (tertiary/aromatic N) is 2. The molecule has 15 heavy (non-hydrogen) atoms. The highest BCUT2D eigenvalue weighted by Crippen LogP contribution is 2.23. The van der Waals surface area contributed by atoms with Crippen molar-refractivity contribution in [2.45, 2.75) is 0 Å². The van der Waals surface area contributed by atoms with E-state index in [4.69, 9.17) is 5.26 Å². The molecule has 0 radical (unpaired) electrons. The molecule has 0 spiro atoms. The maximum Gasteiger partial charge on any atom is 0.189 e. The van der Waals surface area contributed by atoms with Crippen molar-refractivity contribution in [1.29, 1.82) is 5.26 Å². The minimum Gasteiger partial charge on any atom is -0.248 e. The fourth-order valence-electron chi connectivity index (χ4n) is 1.42. The van der Waals surface area contributed by atoms with Gasteiger partial charge >= 0.3 is 0 Å². The lowest BCUT2D eigenvalue weighted by Gasteiger charge is -2.14. The van der Waals surface area contributed by atoms with E-state index in [0.29, 0.717) is 0 Å². The standard InChI is InChI=1S/C13H10N2/c14-11-15(12-7-3-1-4-8-12)13-9-5-2-6-10-13/h1-10H. The highest BCUT2D eigenvalue weighted by atomic mass is 15.1. The Morgan fingerprint density at radius 2 is 1.13 bits per heavy atom. The Bertz CT molecular complexity index is 417. The molecular weight excluding hydrogens is 184 g/mol. The van der Waals surface area contributed by atoms with Crippen LogP contribution in [0.1, 0.15) is 0 Å². The number of rotatable bonds is 2. The summed E-state index contributed by atoms with van der Waals surface area (Å²) in [4.78, 5) is 1.60. The smallest absolute Gasteiger partial charge is 0.189 e. The van der Waals surface area contributed by atoms with Crippen molar-refractivity contribution < 1.29 is 0 Å². The van der Waals surface area contributed by atoms with Gasteiger partial charge in [0, 0.05) is 0 Å². The number of hydrogen-bond donors (Lipinski definition) is 0. The van der Waals surface area contributed by atoms with Gasteiger partial charge in [-0.25, -0.2) is 4.90 Å². The van der Waals surface area contributed by atoms with Gasteiger partial charge in [0.2, 0.25) is 0 Å². The van der Waals surface area contributed by atoms with E-state index >= 15 is 0 Å². The minimum atomic E-state index is 0.881. The third-order valence-corrected chi connectivity index (χ3v) is 2.13. The number of benzene rings is 2. The molecule has 2 aromatic carbocycles. The van der Waals surface area contributed by atoms with Crippen LogP contribution in [0.3, 0.4) is 0 Å². The Kier molecular flexibility index (Phi) is 2.66. The molecule has 0 fully saturated rings. The molecule has 0 saturated heterocycles. The summed E-state index contributed by atoms with van der Waals surface area (Å²) in [6.07, 6.45) is 2.17. The Morgan fingerprint density at radius 3 is 1.47 bits per heavy atom. The van der Waals surface area contributed by atoms with Gasteiger partial charge in [-0.1, -0.05) is 36.4 Å². The zero-order valence-electron chi connectivity index (χ0n) is 8.17. The van der Waals surface area contributed by atoms with Crippen LogP contribution in [0.2, 0.25) is 0 Å². The van der Waals surface area contributed by atoms with E-state index < -0.39 is 0 Å². The summed E-state index contributed by atoms with van der Waals surface area (Å²) < 4.78 is 0. The lowest BCUT2D eigenvalue weighted by molar-refractivity contribution is 1.27. The van der Waals surface area contributed by atoms with E-state index in [0.717, 1.165) is 11.4 Å². The van der Waals surface area contributed by atoms with Crippen LogP contribution in [0.4, 0.5) is 11.4 Å². The lowest BCUT2D eigenvalue weighted by Crippen LogP contribution is -2.07. The molecule has 2 nitrogen and oxygen atoms in total. The minimum absolute atomic E-state index is 0.881. The first kappa shape index (κ1) is 9.29. The first-order valence-corrected chi connectivity index (χ1v) is 4.72. The average Bonchev–Trinajstić information content (AvgIpc) is 2.33. The molecule has 0 N–H and O–H groups in total. The molecule has 0 aliphatic heterocycles. The molecule has 0 bridgehead atoms. The summed E-state index contributed by atoms with van der Waals surface area (Å²) in [5.41, 5.74) is 1.76. The molecule has 0 aromatic heterocycles. The van der Waals surface area contributed by atoms with Gasteiger partial charge < -0.3 is 0 Å². The molecule has 0 amide bonds. The van der Waals surface area contributed by atoms with E-state index in [1.54, 1.807) is 4.90 Å². The highest BCUT2D eigenvalue weighted by molar-refractivity contribution is 5.66. The summed E-state index contributed by atoms with van der Waals surface area (Å²) in [5.74, 6) is 0. The quantitative estimate of drug-likeness (QED) is 0.541. The van der Waals surface area contributed by atoms with E-state index in [1.165, 1.54) is 0 Å². The van der Waals surface area contributed by atoms with Gasteiger partial charge in [0.05, 0.1) is 11.4 Å². The summed E-state index contributed by atoms with van der Waals surface area (Å²) in [6.45, 7) is 0. The summed E-state index contributed by atoms with van der Waals surface area (Å²) in [5, 5.41) is 9.11. The van der Waals surface area contributed by atoms with Crippen molar-refractivity contribution in [2.24, 2.45) is 0 Å². The van der Waals surface area contributed by atoms with Crippen LogP contribution in [-0.4, -0.2) is 0 Å². The average molecular weight is 194 g/mol. The van der Waals surface area contributed by atoms with E-state index in [-0.39, 0.29) is 0 Å². The maximum atomic E-state index is 9.11. The zero-order valence-corrected chi connectivity index (χ0v) is 8.17. The normalized spacial score (nSPS) is 9.27. The van der Waals surface area contributed by atoms with Crippen LogP contribution in [0.25, 0.3) is 0 Å². The van der Waals surface area contributed by atoms with Gasteiger partial charge in [0.25, 0.3) is 0 Å². The van der Waals surface area contributed by atoms with Crippen molar-refractivity contribution in [2.75, 3.05) is 4.90 Å². The van der Waals surface area contributed by atoms with Crippen LogP contribution in [0.15, 0.2) is 60.7 Å². The van der Waals surface area contributed by atoms with Gasteiger partial charge in [0.1, 0.15) is 0 Å². The second kappa shape index (κ2) is 4.30. The van der Waals surface area contributed by atoms with Crippen LogP contribution in [0.5, 0.6) is 0 Å². The van der Waals surface area contributed by atoms with Crippen molar-refractivity contribution in [3.05, 3.63) is 60.7 Å². The monoisotopic (exact) mass is 194 g/mol. The molecule has 0 saturated carbocycles. The van der Waals surface area contributed by atoms with Gasteiger partial charge in [-0.15, -0.1) is 0 Å². The molecule has 0 heterocycles. The van der Waals surface area contributed by atoms with Crippen molar-refractivity contribution in [1.82, 2.24) is 0 Å². The second-order valence-corrected chi connectivity index (χ2v) is 3.11. The van der Waals surface area contributed by atoms with Crippen molar-refractivity contribution in [3.63, 3.8) is 0 Å². The topological polar surface area (TPSA) is 27.0 Å². The van der Waals surface area contributed by atoms with Gasteiger partial charge in [-0.2, -0.15) is 5.26 Å². The fraction of sp³-hybridized carbons (Fsp3) is 0. The Morgan fingerprint density at radius 1 is 0.733 bits per heavy atom. The zero-order chi connectivity index (χ0) is 10.5. The molecular formula is C13H10N2.